The normalized spacial score (nSPS) is 25.2. The molecule has 2 aromatic rings. The molecule has 2 atom stereocenters. The van der Waals surface area contributed by atoms with Crippen LogP contribution >= 0.6 is 11.3 Å². The molecule has 0 unspecified atom stereocenters. The molecule has 27 heavy (non-hydrogen) atoms. The zero-order valence-electron chi connectivity index (χ0n) is 15.1. The van der Waals surface area contributed by atoms with Gasteiger partial charge in [-0.05, 0) is 30.9 Å². The zero-order chi connectivity index (χ0) is 19.0. The lowest BCUT2D eigenvalue weighted by Gasteiger charge is -2.36. The van der Waals surface area contributed by atoms with E-state index in [-0.39, 0.29) is 25.0 Å². The van der Waals surface area contributed by atoms with Gasteiger partial charge < -0.3 is 10.1 Å². The van der Waals surface area contributed by atoms with Crippen molar-refractivity contribution in [3.8, 4) is 0 Å². The number of carbonyl (C=O) groups excluding carboxylic acids is 3. The first kappa shape index (κ1) is 17.9. The van der Waals surface area contributed by atoms with Crippen LogP contribution in [0.15, 0.2) is 24.3 Å². The minimum absolute atomic E-state index is 0.0311. The summed E-state index contributed by atoms with van der Waals surface area (Å²) in [6.45, 7) is 1.64. The number of hydrogen-bond acceptors (Lipinski definition) is 6. The topological polar surface area (TPSA) is 88.6 Å². The van der Waals surface area contributed by atoms with Gasteiger partial charge in [0.2, 0.25) is 0 Å². The number of nitrogens with zero attached hydrogens (tertiary/aromatic N) is 2. The maximum absolute atomic E-state index is 12.9. The first-order valence-corrected chi connectivity index (χ1v) is 9.95. The van der Waals surface area contributed by atoms with Crippen LogP contribution in [0.4, 0.5) is 4.79 Å². The van der Waals surface area contributed by atoms with E-state index in [0.29, 0.717) is 11.4 Å². The third-order valence-corrected chi connectivity index (χ3v) is 6.49. The number of carbonyl (C=O) groups is 3. The third-order valence-electron chi connectivity index (χ3n) is 5.48. The first-order valence-electron chi connectivity index (χ1n) is 9.14. The van der Waals surface area contributed by atoms with Crippen molar-refractivity contribution in [2.45, 2.75) is 44.8 Å². The highest BCUT2D eigenvalue weighted by atomic mass is 32.1. The molecule has 7 nitrogen and oxygen atoms in total. The van der Waals surface area contributed by atoms with Crippen LogP contribution in [0.2, 0.25) is 0 Å². The number of rotatable bonds is 4. The molecule has 1 N–H and O–H groups in total. The minimum Gasteiger partial charge on any atom is -0.457 e. The van der Waals surface area contributed by atoms with E-state index in [2.05, 4.69) is 10.3 Å². The van der Waals surface area contributed by atoms with Crippen LogP contribution in [0.3, 0.4) is 0 Å². The Morgan fingerprint density at radius 2 is 2.19 bits per heavy atom. The second-order valence-corrected chi connectivity index (χ2v) is 8.29. The Kier molecular flexibility index (Phi) is 4.59. The van der Waals surface area contributed by atoms with Crippen molar-refractivity contribution < 1.29 is 19.1 Å². The Labute approximate surface area is 160 Å². The summed E-state index contributed by atoms with van der Waals surface area (Å²) in [6, 6.07) is 7.17. The highest BCUT2D eigenvalue weighted by Crippen LogP contribution is 2.38. The van der Waals surface area contributed by atoms with E-state index in [4.69, 9.17) is 4.74 Å². The number of para-hydroxylation sites is 1. The first-order chi connectivity index (χ1) is 13.0. The van der Waals surface area contributed by atoms with Gasteiger partial charge in [-0.15, -0.1) is 11.3 Å². The lowest BCUT2D eigenvalue weighted by atomic mass is 9.73. The molecular weight excluding hydrogens is 366 g/mol. The molecule has 2 heterocycles. The largest absolute Gasteiger partial charge is 0.457 e. The molecule has 2 aliphatic rings. The summed E-state index contributed by atoms with van der Waals surface area (Å²) >= 11 is 1.45. The van der Waals surface area contributed by atoms with Crippen molar-refractivity contribution in [3.63, 3.8) is 0 Å². The average molecular weight is 387 g/mol. The molecule has 0 bridgehead atoms. The summed E-state index contributed by atoms with van der Waals surface area (Å²) in [5.41, 5.74) is -0.00120. The van der Waals surface area contributed by atoms with E-state index in [1.54, 1.807) is 0 Å². The van der Waals surface area contributed by atoms with Gasteiger partial charge in [0.05, 0.1) is 10.2 Å². The summed E-state index contributed by atoms with van der Waals surface area (Å²) in [5.74, 6) is -0.860. The number of fused-ring (bicyclic) bond motifs is 1. The molecule has 4 rings (SSSR count). The molecule has 2 fully saturated rings. The van der Waals surface area contributed by atoms with E-state index in [1.165, 1.54) is 11.3 Å². The number of benzene rings is 1. The molecule has 0 radical (unpaired) electrons. The van der Waals surface area contributed by atoms with Crippen LogP contribution in [0.1, 0.15) is 37.6 Å². The van der Waals surface area contributed by atoms with Crippen LogP contribution in [-0.2, 0) is 20.9 Å². The number of nitrogens with one attached hydrogen (secondary N) is 1. The van der Waals surface area contributed by atoms with Gasteiger partial charge in [0.25, 0.3) is 5.91 Å². The van der Waals surface area contributed by atoms with Crippen molar-refractivity contribution in [3.05, 3.63) is 29.3 Å². The fraction of sp³-hybridized carbons (Fsp3) is 0.474. The Morgan fingerprint density at radius 3 is 2.96 bits per heavy atom. The smallest absolute Gasteiger partial charge is 0.326 e. The van der Waals surface area contributed by atoms with Gasteiger partial charge in [0.1, 0.15) is 23.7 Å². The van der Waals surface area contributed by atoms with Crippen LogP contribution < -0.4 is 5.32 Å². The molecule has 142 valence electrons. The number of urea groups is 1. The predicted molar refractivity (Wildman–Crippen MR) is 100 cm³/mol. The molecule has 3 amide bonds. The fourth-order valence-corrected chi connectivity index (χ4v) is 4.82. The van der Waals surface area contributed by atoms with Crippen LogP contribution in [0, 0.1) is 5.92 Å². The van der Waals surface area contributed by atoms with Gasteiger partial charge in [-0.3, -0.25) is 14.5 Å². The maximum Gasteiger partial charge on any atom is 0.326 e. The molecule has 1 saturated heterocycles. The number of thiazole rings is 1. The van der Waals surface area contributed by atoms with E-state index >= 15 is 0 Å². The Hall–Kier alpha value is -2.48. The average Bonchev–Trinajstić information content (AvgIpc) is 3.17. The molecule has 1 spiro atoms. The molecule has 1 aliphatic carbocycles. The van der Waals surface area contributed by atoms with Crippen molar-refractivity contribution in [1.29, 1.82) is 0 Å². The quantitative estimate of drug-likeness (QED) is 0.644. The Balaban J connectivity index is 1.39. The van der Waals surface area contributed by atoms with E-state index in [9.17, 15) is 14.4 Å². The van der Waals surface area contributed by atoms with Crippen molar-refractivity contribution in [2.75, 3.05) is 6.54 Å². The van der Waals surface area contributed by atoms with Crippen molar-refractivity contribution >= 4 is 39.5 Å². The molecule has 1 aromatic heterocycles. The molecular formula is C19H21N3O4S. The van der Waals surface area contributed by atoms with Gasteiger partial charge in [-0.1, -0.05) is 31.9 Å². The number of aromatic nitrogens is 1. The van der Waals surface area contributed by atoms with Crippen molar-refractivity contribution in [2.24, 2.45) is 5.92 Å². The van der Waals surface area contributed by atoms with Crippen LogP contribution in [0.25, 0.3) is 10.2 Å². The molecule has 8 heteroatoms. The minimum atomic E-state index is -0.858. The molecule has 1 aromatic carbocycles. The zero-order valence-corrected chi connectivity index (χ0v) is 15.9. The van der Waals surface area contributed by atoms with E-state index < -0.39 is 17.5 Å². The fourth-order valence-electron chi connectivity index (χ4n) is 3.94. The third kappa shape index (κ3) is 3.18. The Morgan fingerprint density at radius 1 is 1.37 bits per heavy atom. The van der Waals surface area contributed by atoms with Crippen LogP contribution in [-0.4, -0.2) is 39.9 Å². The lowest BCUT2D eigenvalue weighted by Crippen LogP contribution is -2.54. The second-order valence-electron chi connectivity index (χ2n) is 7.18. The van der Waals surface area contributed by atoms with Gasteiger partial charge in [-0.25, -0.2) is 9.78 Å². The van der Waals surface area contributed by atoms with Gasteiger partial charge >= 0.3 is 12.0 Å². The number of esters is 1. The number of hydrogen-bond donors (Lipinski definition) is 1. The number of imide groups is 1. The lowest BCUT2D eigenvalue weighted by molar-refractivity contribution is -0.149. The van der Waals surface area contributed by atoms with Gasteiger partial charge in [0, 0.05) is 0 Å². The number of ether oxygens (including phenoxy) is 1. The van der Waals surface area contributed by atoms with Crippen LogP contribution in [0.5, 0.6) is 0 Å². The summed E-state index contributed by atoms with van der Waals surface area (Å²) < 4.78 is 6.27. The summed E-state index contributed by atoms with van der Waals surface area (Å²) in [7, 11) is 0. The van der Waals surface area contributed by atoms with Gasteiger partial charge in [-0.2, -0.15) is 0 Å². The van der Waals surface area contributed by atoms with Crippen molar-refractivity contribution in [1.82, 2.24) is 15.2 Å². The number of amides is 3. The maximum atomic E-state index is 12.9. The highest BCUT2D eigenvalue weighted by Gasteiger charge is 2.55. The highest BCUT2D eigenvalue weighted by molar-refractivity contribution is 7.18. The summed E-state index contributed by atoms with van der Waals surface area (Å²) in [6.07, 6.45) is 3.46. The summed E-state index contributed by atoms with van der Waals surface area (Å²) in [5, 5.41) is 3.51. The molecule has 1 aliphatic heterocycles. The monoisotopic (exact) mass is 387 g/mol. The van der Waals surface area contributed by atoms with Gasteiger partial charge in [0.15, 0.2) is 0 Å². The standard InChI is InChI=1S/C19H21N3O4S/c1-12-6-4-5-9-19(12)17(24)22(18(25)21-19)10-16(23)26-11-15-20-13-7-2-3-8-14(13)27-15/h2-3,7-8,12H,4-6,9-11H2,1H3,(H,21,25)/t12-,19+/m0/s1. The Bertz CT molecular complexity index is 878. The predicted octanol–water partition coefficient (Wildman–Crippen LogP) is 2.84. The van der Waals surface area contributed by atoms with E-state index in [1.807, 2.05) is 31.2 Å². The SMILES string of the molecule is C[C@H]1CCCC[C@@]12NC(=O)N(CC(=O)OCc1nc3ccccc3s1)C2=O. The summed E-state index contributed by atoms with van der Waals surface area (Å²) in [4.78, 5) is 42.8. The van der Waals surface area contributed by atoms with E-state index in [0.717, 1.165) is 34.4 Å². The second kappa shape index (κ2) is 6.92. The molecule has 1 saturated carbocycles.